The molecule has 2 aromatic rings. The summed E-state index contributed by atoms with van der Waals surface area (Å²) in [5.41, 5.74) is 7.62. The maximum Gasteiger partial charge on any atom is 0.273 e. The molecule has 6 heteroatoms. The number of hydrogen-bond donors (Lipinski definition) is 1. The lowest BCUT2D eigenvalue weighted by atomic mass is 10.2. The van der Waals surface area contributed by atoms with Crippen LogP contribution in [0.5, 0.6) is 0 Å². The van der Waals surface area contributed by atoms with Crippen LogP contribution in [0.3, 0.4) is 0 Å². The highest BCUT2D eigenvalue weighted by Crippen LogP contribution is 2.29. The Bertz CT molecular complexity index is 662. The predicted octanol–water partition coefficient (Wildman–Crippen LogP) is 2.46. The third-order valence-corrected chi connectivity index (χ3v) is 5.87. The van der Waals surface area contributed by atoms with Gasteiger partial charge in [0, 0.05) is 18.1 Å². The van der Waals surface area contributed by atoms with E-state index in [2.05, 4.69) is 0 Å². The lowest BCUT2D eigenvalue weighted by Gasteiger charge is -2.20. The molecule has 0 spiro atoms. The highest BCUT2D eigenvalue weighted by Gasteiger charge is 2.23. The minimum absolute atomic E-state index is 0.255. The first kappa shape index (κ1) is 12.9. The highest BCUT2D eigenvalue weighted by molar-refractivity contribution is 7.94. The van der Waals surface area contributed by atoms with E-state index in [-0.39, 0.29) is 4.21 Å². The van der Waals surface area contributed by atoms with Gasteiger partial charge in [-0.2, -0.15) is 0 Å². The summed E-state index contributed by atoms with van der Waals surface area (Å²) in [5.74, 6) is 0. The van der Waals surface area contributed by atoms with Crippen LogP contribution in [-0.2, 0) is 10.0 Å². The van der Waals surface area contributed by atoms with Gasteiger partial charge in [-0.15, -0.1) is 11.3 Å². The molecule has 0 amide bonds. The fraction of sp³-hybridized carbons (Fsp3) is 0.167. The number of nitrogens with zero attached hydrogens (tertiary/aromatic N) is 1. The summed E-state index contributed by atoms with van der Waals surface area (Å²) in [5, 5.41) is 1.62. The molecule has 0 fully saturated rings. The van der Waals surface area contributed by atoms with Crippen molar-refractivity contribution in [3.8, 4) is 0 Å². The van der Waals surface area contributed by atoms with Crippen molar-refractivity contribution in [2.45, 2.75) is 11.1 Å². The fourth-order valence-electron chi connectivity index (χ4n) is 1.65. The molecular weight excluding hydrogens is 268 g/mol. The summed E-state index contributed by atoms with van der Waals surface area (Å²) >= 11 is 1.13. The van der Waals surface area contributed by atoms with Gasteiger partial charge in [0.05, 0.1) is 5.69 Å². The van der Waals surface area contributed by atoms with Gasteiger partial charge in [0.15, 0.2) is 0 Å². The highest BCUT2D eigenvalue weighted by atomic mass is 32.2. The second kappa shape index (κ2) is 4.62. The molecule has 4 nitrogen and oxygen atoms in total. The van der Waals surface area contributed by atoms with E-state index in [4.69, 9.17) is 5.73 Å². The second-order valence-electron chi connectivity index (χ2n) is 3.96. The number of benzene rings is 1. The molecule has 0 bridgehead atoms. The van der Waals surface area contributed by atoms with Crippen LogP contribution in [0.15, 0.2) is 39.9 Å². The first-order valence-electron chi connectivity index (χ1n) is 5.31. The molecule has 0 aliphatic heterocycles. The standard InChI is InChI=1S/C12H14N2O2S2/c1-9-5-3-4-6-11(9)14(2)18(15,16)12-7-10(13)8-17-12/h3-8H,13H2,1-2H3. The number of nitrogens with two attached hydrogens (primary N) is 1. The minimum Gasteiger partial charge on any atom is -0.398 e. The Hall–Kier alpha value is -1.53. The molecule has 18 heavy (non-hydrogen) atoms. The van der Waals surface area contributed by atoms with E-state index >= 15 is 0 Å². The van der Waals surface area contributed by atoms with Crippen LogP contribution in [-0.4, -0.2) is 15.5 Å². The lowest BCUT2D eigenvalue weighted by molar-refractivity contribution is 0.596. The zero-order valence-electron chi connectivity index (χ0n) is 10.1. The first-order chi connectivity index (χ1) is 8.43. The number of nitrogen functional groups attached to an aromatic ring is 1. The van der Waals surface area contributed by atoms with Gasteiger partial charge in [-0.3, -0.25) is 4.31 Å². The Kier molecular flexibility index (Phi) is 3.32. The van der Waals surface area contributed by atoms with Crippen molar-refractivity contribution in [1.82, 2.24) is 0 Å². The maximum absolute atomic E-state index is 12.4. The topological polar surface area (TPSA) is 63.4 Å². The molecule has 1 aromatic heterocycles. The summed E-state index contributed by atoms with van der Waals surface area (Å²) < 4.78 is 26.3. The van der Waals surface area contributed by atoms with Gasteiger partial charge in [-0.1, -0.05) is 18.2 Å². The first-order valence-corrected chi connectivity index (χ1v) is 7.63. The summed E-state index contributed by atoms with van der Waals surface area (Å²) in [6.07, 6.45) is 0. The Balaban J connectivity index is 2.46. The number of rotatable bonds is 3. The smallest absolute Gasteiger partial charge is 0.273 e. The number of aryl methyl sites for hydroxylation is 1. The monoisotopic (exact) mass is 282 g/mol. The number of thiophene rings is 1. The van der Waals surface area contributed by atoms with Crippen molar-refractivity contribution in [1.29, 1.82) is 0 Å². The Morgan fingerprint density at radius 3 is 2.50 bits per heavy atom. The SMILES string of the molecule is Cc1ccccc1N(C)S(=O)(=O)c1cc(N)cs1. The van der Waals surface area contributed by atoms with E-state index in [0.29, 0.717) is 11.4 Å². The number of anilines is 2. The van der Waals surface area contributed by atoms with Crippen molar-refractivity contribution in [3.05, 3.63) is 41.3 Å². The summed E-state index contributed by atoms with van der Waals surface area (Å²) in [6.45, 7) is 1.88. The fourth-order valence-corrected chi connectivity index (χ4v) is 4.16. The van der Waals surface area contributed by atoms with Crippen molar-refractivity contribution in [2.75, 3.05) is 17.1 Å². The van der Waals surface area contributed by atoms with E-state index in [1.807, 2.05) is 25.1 Å². The molecule has 0 saturated heterocycles. The molecule has 0 unspecified atom stereocenters. The van der Waals surface area contributed by atoms with Gasteiger partial charge in [0.2, 0.25) is 0 Å². The normalized spacial score (nSPS) is 11.4. The molecule has 0 atom stereocenters. The van der Waals surface area contributed by atoms with Crippen LogP contribution in [0.4, 0.5) is 11.4 Å². The van der Waals surface area contributed by atoms with Crippen molar-refractivity contribution in [2.24, 2.45) is 0 Å². The van der Waals surface area contributed by atoms with E-state index in [0.717, 1.165) is 16.9 Å². The van der Waals surface area contributed by atoms with Crippen molar-refractivity contribution >= 4 is 32.7 Å². The molecule has 2 rings (SSSR count). The Morgan fingerprint density at radius 2 is 1.94 bits per heavy atom. The Morgan fingerprint density at radius 1 is 1.28 bits per heavy atom. The number of para-hydroxylation sites is 1. The zero-order chi connectivity index (χ0) is 13.3. The van der Waals surface area contributed by atoms with E-state index in [1.54, 1.807) is 18.5 Å². The van der Waals surface area contributed by atoms with E-state index in [1.165, 1.54) is 10.4 Å². The van der Waals surface area contributed by atoms with Gasteiger partial charge in [-0.25, -0.2) is 8.42 Å². The largest absolute Gasteiger partial charge is 0.398 e. The van der Waals surface area contributed by atoms with E-state index < -0.39 is 10.0 Å². The van der Waals surface area contributed by atoms with Gasteiger partial charge < -0.3 is 5.73 Å². The van der Waals surface area contributed by atoms with Gasteiger partial charge >= 0.3 is 0 Å². The van der Waals surface area contributed by atoms with Gasteiger partial charge in [0.1, 0.15) is 4.21 Å². The van der Waals surface area contributed by atoms with Gasteiger partial charge in [0.25, 0.3) is 10.0 Å². The van der Waals surface area contributed by atoms with Crippen molar-refractivity contribution in [3.63, 3.8) is 0 Å². The van der Waals surface area contributed by atoms with Crippen molar-refractivity contribution < 1.29 is 8.42 Å². The molecule has 0 saturated carbocycles. The molecule has 0 aliphatic rings. The molecule has 1 heterocycles. The van der Waals surface area contributed by atoms with E-state index in [9.17, 15) is 8.42 Å². The van der Waals surface area contributed by atoms with Crippen LogP contribution in [0.25, 0.3) is 0 Å². The molecule has 96 valence electrons. The molecule has 1 aromatic carbocycles. The lowest BCUT2D eigenvalue weighted by Crippen LogP contribution is -2.26. The molecule has 0 aliphatic carbocycles. The van der Waals surface area contributed by atoms with Crippen LogP contribution in [0.2, 0.25) is 0 Å². The average Bonchev–Trinajstić information content (AvgIpc) is 2.76. The predicted molar refractivity (Wildman–Crippen MR) is 75.5 cm³/mol. The number of sulfonamides is 1. The summed E-state index contributed by atoms with van der Waals surface area (Å²) in [7, 11) is -1.97. The summed E-state index contributed by atoms with van der Waals surface area (Å²) in [6, 6.07) is 8.84. The molecule has 0 radical (unpaired) electrons. The zero-order valence-corrected chi connectivity index (χ0v) is 11.8. The second-order valence-corrected chi connectivity index (χ2v) is 7.07. The summed E-state index contributed by atoms with van der Waals surface area (Å²) in [4.78, 5) is 0. The van der Waals surface area contributed by atoms with Crippen LogP contribution in [0.1, 0.15) is 5.56 Å². The maximum atomic E-state index is 12.4. The van der Waals surface area contributed by atoms with Crippen LogP contribution in [0, 0.1) is 6.92 Å². The minimum atomic E-state index is -3.52. The molecular formula is C12H14N2O2S2. The quantitative estimate of drug-likeness (QED) is 0.940. The molecule has 2 N–H and O–H groups in total. The van der Waals surface area contributed by atoms with Crippen LogP contribution < -0.4 is 10.0 Å². The average molecular weight is 282 g/mol. The Labute approximate surface area is 111 Å². The van der Waals surface area contributed by atoms with Gasteiger partial charge in [-0.05, 0) is 24.6 Å². The number of hydrogen-bond acceptors (Lipinski definition) is 4. The third kappa shape index (κ3) is 2.21. The third-order valence-electron chi connectivity index (χ3n) is 2.67. The van der Waals surface area contributed by atoms with Crippen LogP contribution >= 0.6 is 11.3 Å².